The molecule has 4 aliphatic rings. The van der Waals surface area contributed by atoms with Crippen molar-refractivity contribution in [3.63, 3.8) is 0 Å². The molecule has 0 saturated heterocycles. The first-order valence-electron chi connectivity index (χ1n) is 13.0. The lowest BCUT2D eigenvalue weighted by Crippen LogP contribution is -2.50. The third-order valence-electron chi connectivity index (χ3n) is 10.6. The zero-order chi connectivity index (χ0) is 21.5. The lowest BCUT2D eigenvalue weighted by molar-refractivity contribution is -0.0573. The highest BCUT2D eigenvalue weighted by molar-refractivity contribution is 5.25. The van der Waals surface area contributed by atoms with E-state index >= 15 is 0 Å². The van der Waals surface area contributed by atoms with Crippen LogP contribution in [0, 0.1) is 57.7 Å². The monoisotopic (exact) mass is 411 g/mol. The zero-order valence-electron chi connectivity index (χ0n) is 20.0. The number of aliphatic hydroxyl groups is 1. The molecule has 1 unspecified atom stereocenters. The van der Waals surface area contributed by atoms with Crippen LogP contribution in [0.4, 0.5) is 0 Å². The quantitative estimate of drug-likeness (QED) is 0.467. The van der Waals surface area contributed by atoms with Crippen molar-refractivity contribution in [2.75, 3.05) is 0 Å². The number of aliphatic hydroxyl groups excluding tert-OH is 1. The highest BCUT2D eigenvalue weighted by Gasteiger charge is 2.59. The third-order valence-corrected chi connectivity index (χ3v) is 10.6. The average Bonchev–Trinajstić information content (AvgIpc) is 3.06. The predicted molar refractivity (Wildman–Crippen MR) is 124 cm³/mol. The molecule has 2 heteroatoms. The van der Waals surface area contributed by atoms with E-state index in [2.05, 4.69) is 39.8 Å². The largest absolute Gasteiger partial charge is 0.393 e. The molecular formula is C28H45NO. The molecule has 0 aromatic carbocycles. The number of allylic oxidation sites excluding steroid dienone is 1. The van der Waals surface area contributed by atoms with Gasteiger partial charge < -0.3 is 5.11 Å². The maximum absolute atomic E-state index is 10.2. The summed E-state index contributed by atoms with van der Waals surface area (Å²) in [5, 5.41) is 19.1. The minimum atomic E-state index is -0.0951. The van der Waals surface area contributed by atoms with E-state index in [-0.39, 0.29) is 6.10 Å². The van der Waals surface area contributed by atoms with Gasteiger partial charge in [0.1, 0.15) is 0 Å². The Morgan fingerprint density at radius 3 is 2.67 bits per heavy atom. The van der Waals surface area contributed by atoms with Crippen molar-refractivity contribution in [2.24, 2.45) is 46.3 Å². The summed E-state index contributed by atoms with van der Waals surface area (Å²) in [7, 11) is 0. The van der Waals surface area contributed by atoms with Gasteiger partial charge in [0.05, 0.1) is 12.2 Å². The van der Waals surface area contributed by atoms with E-state index in [0.29, 0.717) is 23.2 Å². The van der Waals surface area contributed by atoms with Gasteiger partial charge in [0.15, 0.2) is 0 Å². The van der Waals surface area contributed by atoms with Gasteiger partial charge >= 0.3 is 0 Å². The molecule has 2 nitrogen and oxygen atoms in total. The number of fused-ring (bicyclic) bond motifs is 5. The lowest BCUT2D eigenvalue weighted by Gasteiger charge is -2.58. The smallest absolute Gasteiger partial charge is 0.0624 e. The van der Waals surface area contributed by atoms with Crippen LogP contribution in [0.15, 0.2) is 11.6 Å². The Morgan fingerprint density at radius 2 is 1.90 bits per heavy atom. The molecule has 0 heterocycles. The van der Waals surface area contributed by atoms with E-state index in [4.69, 9.17) is 5.26 Å². The summed E-state index contributed by atoms with van der Waals surface area (Å²) in [5.74, 6) is 4.90. The van der Waals surface area contributed by atoms with Crippen molar-refractivity contribution < 1.29 is 5.11 Å². The van der Waals surface area contributed by atoms with Crippen LogP contribution in [0.2, 0.25) is 0 Å². The van der Waals surface area contributed by atoms with Crippen molar-refractivity contribution >= 4 is 0 Å². The second-order valence-electron chi connectivity index (χ2n) is 12.3. The molecule has 3 fully saturated rings. The minimum absolute atomic E-state index is 0.0951. The molecule has 0 aromatic heterocycles. The molecule has 9 atom stereocenters. The number of nitrogens with zero attached hydrogens (tertiary/aromatic N) is 1. The van der Waals surface area contributed by atoms with E-state index in [1.54, 1.807) is 5.57 Å². The van der Waals surface area contributed by atoms with Gasteiger partial charge in [-0.3, -0.25) is 0 Å². The van der Waals surface area contributed by atoms with Crippen molar-refractivity contribution in [3.05, 3.63) is 11.6 Å². The van der Waals surface area contributed by atoms with Gasteiger partial charge in [-0.05, 0) is 104 Å². The molecular weight excluding hydrogens is 366 g/mol. The SMILES string of the molecule is CC(CC#N)CCC[C@@H](C)[C@H]1CC[C@H]2[C@@H]3CC=C4C[C@@H](O)CC[C@]4(C)[C@H]3CC[C@]12C. The van der Waals surface area contributed by atoms with Crippen molar-refractivity contribution in [1.82, 2.24) is 0 Å². The summed E-state index contributed by atoms with van der Waals surface area (Å²) in [5.41, 5.74) is 2.50. The van der Waals surface area contributed by atoms with Crippen LogP contribution >= 0.6 is 0 Å². The van der Waals surface area contributed by atoms with Gasteiger partial charge in [-0.15, -0.1) is 0 Å². The maximum Gasteiger partial charge on any atom is 0.0624 e. The van der Waals surface area contributed by atoms with Gasteiger partial charge in [-0.2, -0.15) is 5.26 Å². The summed E-state index contributed by atoms with van der Waals surface area (Å²) in [6, 6.07) is 2.34. The van der Waals surface area contributed by atoms with Crippen LogP contribution in [0.25, 0.3) is 0 Å². The normalized spacial score (nSPS) is 44.8. The average molecular weight is 412 g/mol. The maximum atomic E-state index is 10.2. The molecule has 4 aliphatic carbocycles. The van der Waals surface area contributed by atoms with Gasteiger partial charge in [-0.25, -0.2) is 0 Å². The van der Waals surface area contributed by atoms with Crippen molar-refractivity contribution in [3.8, 4) is 6.07 Å². The topological polar surface area (TPSA) is 44.0 Å². The number of hydrogen-bond acceptors (Lipinski definition) is 2. The first-order chi connectivity index (χ1) is 14.3. The van der Waals surface area contributed by atoms with Gasteiger partial charge in [-0.1, -0.05) is 52.2 Å². The van der Waals surface area contributed by atoms with Crippen LogP contribution in [0.5, 0.6) is 0 Å². The van der Waals surface area contributed by atoms with Crippen LogP contribution in [0.3, 0.4) is 0 Å². The molecule has 3 saturated carbocycles. The minimum Gasteiger partial charge on any atom is -0.393 e. The zero-order valence-corrected chi connectivity index (χ0v) is 20.0. The molecule has 30 heavy (non-hydrogen) atoms. The van der Waals surface area contributed by atoms with Crippen molar-refractivity contribution in [1.29, 1.82) is 5.26 Å². The summed E-state index contributed by atoms with van der Waals surface area (Å²) in [6.45, 7) is 9.97. The van der Waals surface area contributed by atoms with Crippen molar-refractivity contribution in [2.45, 2.75) is 111 Å². The molecule has 4 rings (SSSR count). The predicted octanol–water partition coefficient (Wildman–Crippen LogP) is 7.28. The van der Waals surface area contributed by atoms with E-state index in [1.165, 1.54) is 57.8 Å². The lowest BCUT2D eigenvalue weighted by atomic mass is 9.47. The summed E-state index contributed by atoms with van der Waals surface area (Å²) in [6.07, 6.45) is 17.2. The first kappa shape index (κ1) is 22.4. The Morgan fingerprint density at radius 1 is 1.10 bits per heavy atom. The molecule has 0 bridgehead atoms. The first-order valence-corrected chi connectivity index (χ1v) is 13.0. The number of nitriles is 1. The fourth-order valence-electron chi connectivity index (χ4n) is 8.86. The van der Waals surface area contributed by atoms with E-state index in [9.17, 15) is 5.11 Å². The molecule has 0 amide bonds. The number of hydrogen-bond donors (Lipinski definition) is 1. The van der Waals surface area contributed by atoms with Crippen LogP contribution in [-0.2, 0) is 0 Å². The molecule has 0 aromatic rings. The van der Waals surface area contributed by atoms with Gasteiger partial charge in [0.2, 0.25) is 0 Å². The Bertz CT molecular complexity index is 691. The Balaban J connectivity index is 1.43. The fourth-order valence-corrected chi connectivity index (χ4v) is 8.86. The molecule has 0 aliphatic heterocycles. The summed E-state index contributed by atoms with van der Waals surface area (Å²) in [4.78, 5) is 0. The van der Waals surface area contributed by atoms with Crippen LogP contribution in [0.1, 0.15) is 105 Å². The second-order valence-corrected chi connectivity index (χ2v) is 12.3. The van der Waals surface area contributed by atoms with E-state index in [1.807, 2.05) is 0 Å². The molecule has 0 radical (unpaired) electrons. The van der Waals surface area contributed by atoms with Crippen LogP contribution in [-0.4, -0.2) is 11.2 Å². The highest BCUT2D eigenvalue weighted by Crippen LogP contribution is 2.67. The molecule has 0 spiro atoms. The summed E-state index contributed by atoms with van der Waals surface area (Å²) >= 11 is 0. The third kappa shape index (κ3) is 3.79. The van der Waals surface area contributed by atoms with E-state index in [0.717, 1.165) is 42.4 Å². The fraction of sp³-hybridized carbons (Fsp3) is 0.893. The standard InChI is InChI=1S/C28H45NO/c1-19(14-17-29)6-5-7-20(2)24-10-11-25-23-9-8-21-18-22(30)12-15-27(21,3)26(23)13-16-28(24,25)4/h8,19-20,22-26,30H,5-7,9-16,18H2,1-4H3/t19?,20-,22+,23+,24-,25+,26+,27+,28-/m1/s1. The van der Waals surface area contributed by atoms with E-state index < -0.39 is 0 Å². The van der Waals surface area contributed by atoms with Gasteiger partial charge in [0.25, 0.3) is 0 Å². The Hall–Kier alpha value is -0.810. The second kappa shape index (κ2) is 8.61. The van der Waals surface area contributed by atoms with Gasteiger partial charge in [0, 0.05) is 6.42 Å². The highest BCUT2D eigenvalue weighted by atomic mass is 16.3. The Kier molecular flexibility index (Phi) is 6.43. The summed E-state index contributed by atoms with van der Waals surface area (Å²) < 4.78 is 0. The molecule has 1 N–H and O–H groups in total. The molecule has 168 valence electrons. The number of rotatable bonds is 6. The van der Waals surface area contributed by atoms with Crippen LogP contribution < -0.4 is 0 Å². The Labute approximate surface area is 185 Å².